The van der Waals surface area contributed by atoms with Crippen LogP contribution in [-0.4, -0.2) is 19.1 Å². The minimum atomic E-state index is -0.361. The molecule has 4 rings (SSSR count). The zero-order valence-electron chi connectivity index (χ0n) is 15.8. The first-order valence-electron chi connectivity index (χ1n) is 10.0. The Hall–Kier alpha value is -2.42. The predicted molar refractivity (Wildman–Crippen MR) is 113 cm³/mol. The van der Waals surface area contributed by atoms with Crippen molar-refractivity contribution in [3.8, 4) is 0 Å². The molecule has 0 amide bonds. The zero-order valence-corrected chi connectivity index (χ0v) is 15.8. The molecule has 1 unspecified atom stereocenters. The Labute approximate surface area is 162 Å². The molecule has 0 spiro atoms. The molecule has 3 aromatic carbocycles. The third kappa shape index (κ3) is 3.83. The Morgan fingerprint density at radius 2 is 1.15 bits per heavy atom. The standard InChI is InChI=1S/C25H28N2/c1-4-12-21(13-5-1)25(22-14-6-2-7-15-22,23-16-8-3-9-17-23)27-24-18-10-11-19-26-20-24/h1-9,12-17,24,26-27H,10-11,18-20H2. The molecule has 2 heteroatoms. The van der Waals surface area contributed by atoms with Gasteiger partial charge in [-0.15, -0.1) is 0 Å². The van der Waals surface area contributed by atoms with Crippen molar-refractivity contribution in [2.45, 2.75) is 30.8 Å². The van der Waals surface area contributed by atoms with Crippen molar-refractivity contribution in [1.82, 2.24) is 10.6 Å². The van der Waals surface area contributed by atoms with Crippen LogP contribution in [0.1, 0.15) is 36.0 Å². The van der Waals surface area contributed by atoms with E-state index in [2.05, 4.69) is 102 Å². The summed E-state index contributed by atoms with van der Waals surface area (Å²) in [4.78, 5) is 0. The normalized spacial score (nSPS) is 18.0. The Morgan fingerprint density at radius 1 is 0.667 bits per heavy atom. The molecule has 0 aromatic heterocycles. The second-order valence-corrected chi connectivity index (χ2v) is 7.39. The first-order chi connectivity index (χ1) is 13.4. The van der Waals surface area contributed by atoms with Crippen LogP contribution in [0.4, 0.5) is 0 Å². The summed E-state index contributed by atoms with van der Waals surface area (Å²) in [5, 5.41) is 7.71. The fraction of sp³-hybridized carbons (Fsp3) is 0.280. The summed E-state index contributed by atoms with van der Waals surface area (Å²) in [6, 6.07) is 33.0. The average molecular weight is 357 g/mol. The summed E-state index contributed by atoms with van der Waals surface area (Å²) >= 11 is 0. The molecule has 0 saturated carbocycles. The number of nitrogens with one attached hydrogen (secondary N) is 2. The van der Waals surface area contributed by atoms with Crippen LogP contribution in [0.2, 0.25) is 0 Å². The van der Waals surface area contributed by atoms with E-state index in [4.69, 9.17) is 0 Å². The second-order valence-electron chi connectivity index (χ2n) is 7.39. The molecular weight excluding hydrogens is 328 g/mol. The Morgan fingerprint density at radius 3 is 1.63 bits per heavy atom. The van der Waals surface area contributed by atoms with E-state index in [1.807, 2.05) is 0 Å². The summed E-state index contributed by atoms with van der Waals surface area (Å²) in [7, 11) is 0. The van der Waals surface area contributed by atoms with Crippen LogP contribution in [0.5, 0.6) is 0 Å². The van der Waals surface area contributed by atoms with Crippen molar-refractivity contribution in [2.24, 2.45) is 0 Å². The van der Waals surface area contributed by atoms with Gasteiger partial charge in [-0.05, 0) is 36.1 Å². The largest absolute Gasteiger partial charge is 0.315 e. The number of hydrogen-bond donors (Lipinski definition) is 2. The fourth-order valence-corrected chi connectivity index (χ4v) is 4.26. The van der Waals surface area contributed by atoms with Crippen LogP contribution < -0.4 is 10.6 Å². The van der Waals surface area contributed by atoms with Gasteiger partial charge in [-0.2, -0.15) is 0 Å². The van der Waals surface area contributed by atoms with Crippen molar-refractivity contribution < 1.29 is 0 Å². The predicted octanol–water partition coefficient (Wildman–Crippen LogP) is 4.71. The smallest absolute Gasteiger partial charge is 0.0950 e. The van der Waals surface area contributed by atoms with Gasteiger partial charge in [0.05, 0.1) is 5.54 Å². The quantitative estimate of drug-likeness (QED) is 0.647. The molecule has 1 fully saturated rings. The van der Waals surface area contributed by atoms with E-state index in [0.29, 0.717) is 6.04 Å². The summed E-state index contributed by atoms with van der Waals surface area (Å²) in [6.07, 6.45) is 3.72. The maximum atomic E-state index is 4.10. The zero-order chi connectivity index (χ0) is 18.4. The molecule has 27 heavy (non-hydrogen) atoms. The lowest BCUT2D eigenvalue weighted by molar-refractivity contribution is 0.371. The minimum absolute atomic E-state index is 0.361. The topological polar surface area (TPSA) is 24.1 Å². The summed E-state index contributed by atoms with van der Waals surface area (Å²) in [5.74, 6) is 0. The highest BCUT2D eigenvalue weighted by molar-refractivity contribution is 5.49. The lowest BCUT2D eigenvalue weighted by Crippen LogP contribution is -2.52. The lowest BCUT2D eigenvalue weighted by atomic mass is 9.76. The molecule has 1 aliphatic rings. The van der Waals surface area contributed by atoms with Gasteiger partial charge in [-0.25, -0.2) is 0 Å². The maximum absolute atomic E-state index is 4.10. The van der Waals surface area contributed by atoms with Crippen molar-refractivity contribution in [3.63, 3.8) is 0 Å². The molecule has 2 nitrogen and oxygen atoms in total. The average Bonchev–Trinajstić information content (AvgIpc) is 3.02. The minimum Gasteiger partial charge on any atom is -0.315 e. The van der Waals surface area contributed by atoms with Gasteiger partial charge in [0.1, 0.15) is 0 Å². The SMILES string of the molecule is c1ccc(C(NC2CCCCNC2)(c2ccccc2)c2ccccc2)cc1. The van der Waals surface area contributed by atoms with Crippen molar-refractivity contribution in [1.29, 1.82) is 0 Å². The number of hydrogen-bond acceptors (Lipinski definition) is 2. The van der Waals surface area contributed by atoms with Crippen LogP contribution in [0.3, 0.4) is 0 Å². The highest BCUT2D eigenvalue weighted by atomic mass is 15.1. The van der Waals surface area contributed by atoms with Gasteiger partial charge in [-0.3, -0.25) is 5.32 Å². The first kappa shape index (κ1) is 18.0. The molecule has 0 aliphatic carbocycles. The summed E-state index contributed by atoms with van der Waals surface area (Å²) < 4.78 is 0. The first-order valence-corrected chi connectivity index (χ1v) is 10.0. The Balaban J connectivity index is 1.88. The molecule has 1 aliphatic heterocycles. The van der Waals surface area contributed by atoms with E-state index < -0.39 is 0 Å². The van der Waals surface area contributed by atoms with Gasteiger partial charge in [0.2, 0.25) is 0 Å². The third-order valence-corrected chi connectivity index (χ3v) is 5.59. The molecule has 1 atom stereocenters. The van der Waals surface area contributed by atoms with Crippen LogP contribution in [0.25, 0.3) is 0 Å². The van der Waals surface area contributed by atoms with Crippen molar-refractivity contribution in [3.05, 3.63) is 108 Å². The van der Waals surface area contributed by atoms with Gasteiger partial charge in [0.15, 0.2) is 0 Å². The fourth-order valence-electron chi connectivity index (χ4n) is 4.26. The summed E-state index contributed by atoms with van der Waals surface area (Å²) in [5.41, 5.74) is 3.49. The van der Waals surface area contributed by atoms with E-state index in [1.165, 1.54) is 36.0 Å². The van der Waals surface area contributed by atoms with Gasteiger partial charge in [-0.1, -0.05) is 97.4 Å². The molecule has 2 N–H and O–H groups in total. The van der Waals surface area contributed by atoms with E-state index >= 15 is 0 Å². The third-order valence-electron chi connectivity index (χ3n) is 5.59. The molecule has 3 aromatic rings. The highest BCUT2D eigenvalue weighted by Crippen LogP contribution is 2.37. The highest BCUT2D eigenvalue weighted by Gasteiger charge is 2.37. The van der Waals surface area contributed by atoms with E-state index in [1.54, 1.807) is 0 Å². The van der Waals surface area contributed by atoms with Gasteiger partial charge < -0.3 is 5.32 Å². The van der Waals surface area contributed by atoms with Gasteiger partial charge in [0, 0.05) is 12.6 Å². The van der Waals surface area contributed by atoms with Crippen molar-refractivity contribution >= 4 is 0 Å². The Bertz CT molecular complexity index is 710. The maximum Gasteiger partial charge on any atom is 0.0950 e. The molecule has 138 valence electrons. The molecule has 1 heterocycles. The van der Waals surface area contributed by atoms with Gasteiger partial charge >= 0.3 is 0 Å². The summed E-state index contributed by atoms with van der Waals surface area (Å²) in [6.45, 7) is 2.13. The van der Waals surface area contributed by atoms with E-state index in [9.17, 15) is 0 Å². The van der Waals surface area contributed by atoms with Crippen LogP contribution in [0, 0.1) is 0 Å². The number of rotatable bonds is 5. The lowest BCUT2D eigenvalue weighted by Gasteiger charge is -2.40. The van der Waals surface area contributed by atoms with Crippen LogP contribution in [0.15, 0.2) is 91.0 Å². The van der Waals surface area contributed by atoms with Gasteiger partial charge in [0.25, 0.3) is 0 Å². The Kier molecular flexibility index (Phi) is 5.66. The molecular formula is C25H28N2. The molecule has 0 radical (unpaired) electrons. The van der Waals surface area contributed by atoms with E-state index in [-0.39, 0.29) is 5.54 Å². The second kappa shape index (κ2) is 8.51. The van der Waals surface area contributed by atoms with Crippen LogP contribution in [-0.2, 0) is 5.54 Å². The number of benzene rings is 3. The molecule has 0 bridgehead atoms. The van der Waals surface area contributed by atoms with E-state index in [0.717, 1.165) is 13.1 Å². The van der Waals surface area contributed by atoms with Crippen molar-refractivity contribution in [2.75, 3.05) is 13.1 Å². The monoisotopic (exact) mass is 356 g/mol. The molecule has 1 saturated heterocycles. The van der Waals surface area contributed by atoms with Crippen LogP contribution >= 0.6 is 0 Å².